The molecule has 1 aromatic rings. The van der Waals surface area contributed by atoms with Crippen molar-refractivity contribution in [1.82, 2.24) is 31.5 Å². The fourth-order valence-corrected chi connectivity index (χ4v) is 4.59. The average Bonchev–Trinajstić information content (AvgIpc) is 2.95. The van der Waals surface area contributed by atoms with Crippen LogP contribution in [0.3, 0.4) is 0 Å². The largest absolute Gasteiger partial charge is 0.481 e. The summed E-state index contributed by atoms with van der Waals surface area (Å²) in [7, 11) is 0. The molecule has 232 valence electrons. The van der Waals surface area contributed by atoms with Gasteiger partial charge in [0.05, 0.1) is 19.4 Å². The van der Waals surface area contributed by atoms with E-state index < -0.39 is 91.5 Å². The first kappa shape index (κ1) is 32.3. The van der Waals surface area contributed by atoms with Gasteiger partial charge in [-0.25, -0.2) is 0 Å². The number of carboxylic acids is 1. The molecule has 0 saturated carbocycles. The molecule has 10 N–H and O–H groups in total. The first-order valence-electron chi connectivity index (χ1n) is 13.5. The Bertz CT molecular complexity index is 1270. The fourth-order valence-electron chi connectivity index (χ4n) is 4.59. The van der Waals surface area contributed by atoms with Gasteiger partial charge in [0.1, 0.15) is 24.2 Å². The number of nitrogens with zero attached hydrogens (tertiary/aromatic N) is 2. The Morgan fingerprint density at radius 3 is 2.26 bits per heavy atom. The predicted octanol–water partition coefficient (Wildman–Crippen LogP) is -3.98. The summed E-state index contributed by atoms with van der Waals surface area (Å²) in [5.74, 6) is -6.09. The number of amides is 6. The molecule has 3 heterocycles. The molecule has 6 amide bonds. The summed E-state index contributed by atoms with van der Waals surface area (Å²) in [5.41, 5.74) is 11.3. The highest BCUT2D eigenvalue weighted by Gasteiger charge is 2.42. The standard InChI is InChI=1S/C26H35N9O8/c27-26(28)29-8-4-7-15-22(40)31-12-20(37)33-16(10-21(38)39)23(41)30-11-18-24(42)34-17(9-19(36)32-15)25(43)35(18)13-14-5-2-1-3-6-14/h1-3,5-6,15-18H,4,7-13H2,(H,30,41)(H,31,40)(H,32,36)(H,33,37)(H,34,42)(H,38,39)(H4,27,28,29)/t15-,16-,17-,18-/m0/s1. The van der Waals surface area contributed by atoms with Crippen molar-refractivity contribution in [2.45, 2.75) is 56.4 Å². The first-order chi connectivity index (χ1) is 20.4. The summed E-state index contributed by atoms with van der Waals surface area (Å²) in [6.07, 6.45) is -0.976. The van der Waals surface area contributed by atoms with Gasteiger partial charge in [-0.05, 0) is 18.4 Å². The van der Waals surface area contributed by atoms with Crippen LogP contribution in [0.25, 0.3) is 0 Å². The van der Waals surface area contributed by atoms with E-state index in [4.69, 9.17) is 11.5 Å². The van der Waals surface area contributed by atoms with Crippen molar-refractivity contribution in [3.63, 3.8) is 0 Å². The van der Waals surface area contributed by atoms with Gasteiger partial charge in [-0.2, -0.15) is 0 Å². The molecule has 3 saturated heterocycles. The molecule has 3 aliphatic heterocycles. The number of carboxylic acid groups (broad SMARTS) is 1. The highest BCUT2D eigenvalue weighted by molar-refractivity contribution is 6.00. The third-order valence-electron chi connectivity index (χ3n) is 6.68. The van der Waals surface area contributed by atoms with Crippen LogP contribution in [0.15, 0.2) is 35.3 Å². The SMILES string of the molecule is NC(N)=NCCC[C@@H]1NC(=O)C[C@@H]2NC(=O)[C@H](CNC(=O)[C@H](CC(=O)O)NC(=O)CNC1=O)N(Cc1ccccc1)C2=O. The number of hydrogen-bond acceptors (Lipinski definition) is 8. The summed E-state index contributed by atoms with van der Waals surface area (Å²) in [6, 6.07) is 3.51. The zero-order valence-electron chi connectivity index (χ0n) is 23.2. The maximum Gasteiger partial charge on any atom is 0.305 e. The first-order valence-corrected chi connectivity index (χ1v) is 13.5. The second-order valence-electron chi connectivity index (χ2n) is 9.98. The summed E-state index contributed by atoms with van der Waals surface area (Å²) >= 11 is 0. The van der Waals surface area contributed by atoms with Gasteiger partial charge < -0.3 is 48.1 Å². The molecule has 2 bridgehead atoms. The van der Waals surface area contributed by atoms with E-state index in [1.807, 2.05) is 0 Å². The molecule has 0 aromatic heterocycles. The van der Waals surface area contributed by atoms with E-state index in [9.17, 15) is 38.7 Å². The van der Waals surface area contributed by atoms with Crippen molar-refractivity contribution >= 4 is 47.4 Å². The van der Waals surface area contributed by atoms with Crippen LogP contribution >= 0.6 is 0 Å². The lowest BCUT2D eigenvalue weighted by molar-refractivity contribution is -0.151. The van der Waals surface area contributed by atoms with Crippen molar-refractivity contribution in [1.29, 1.82) is 0 Å². The lowest BCUT2D eigenvalue weighted by atomic mass is 10.0. The van der Waals surface area contributed by atoms with Gasteiger partial charge in [0, 0.05) is 19.6 Å². The normalized spacial score (nSPS) is 23.7. The van der Waals surface area contributed by atoms with E-state index in [0.29, 0.717) is 5.56 Å². The van der Waals surface area contributed by atoms with E-state index in [2.05, 4.69) is 31.6 Å². The minimum Gasteiger partial charge on any atom is -0.481 e. The number of carbonyl (C=O) groups excluding carboxylic acids is 6. The van der Waals surface area contributed by atoms with Crippen LogP contribution in [0.5, 0.6) is 0 Å². The number of aliphatic imine (C=N–C) groups is 1. The number of nitrogens with one attached hydrogen (secondary N) is 5. The molecule has 0 spiro atoms. The lowest BCUT2D eigenvalue weighted by Gasteiger charge is -2.39. The van der Waals surface area contributed by atoms with Crippen LogP contribution in [-0.2, 0) is 40.1 Å². The topological polar surface area (TPSA) is 268 Å². The Labute approximate surface area is 246 Å². The molecule has 0 radical (unpaired) electrons. The number of hydrogen-bond donors (Lipinski definition) is 8. The molecule has 0 unspecified atom stereocenters. The molecule has 43 heavy (non-hydrogen) atoms. The zero-order chi connectivity index (χ0) is 31.5. The molecule has 3 aliphatic rings. The number of guanidine groups is 1. The Hall–Kier alpha value is -5.22. The summed E-state index contributed by atoms with van der Waals surface area (Å²) in [6.45, 7) is -0.918. The fraction of sp³-hybridized carbons (Fsp3) is 0.462. The molecule has 4 rings (SSSR count). The second kappa shape index (κ2) is 15.1. The Balaban J connectivity index is 1.92. The number of piperazine rings is 1. The van der Waals surface area contributed by atoms with Gasteiger partial charge in [0.15, 0.2) is 5.96 Å². The van der Waals surface area contributed by atoms with Gasteiger partial charge in [-0.3, -0.25) is 38.6 Å². The van der Waals surface area contributed by atoms with Gasteiger partial charge >= 0.3 is 5.97 Å². The molecular weight excluding hydrogens is 566 g/mol. The number of nitrogens with two attached hydrogens (primary N) is 2. The van der Waals surface area contributed by atoms with E-state index in [1.54, 1.807) is 30.3 Å². The van der Waals surface area contributed by atoms with Gasteiger partial charge in [-0.15, -0.1) is 0 Å². The maximum atomic E-state index is 13.6. The Morgan fingerprint density at radius 1 is 0.907 bits per heavy atom. The predicted molar refractivity (Wildman–Crippen MR) is 149 cm³/mol. The van der Waals surface area contributed by atoms with Crippen molar-refractivity contribution in [3.8, 4) is 0 Å². The monoisotopic (exact) mass is 601 g/mol. The van der Waals surface area contributed by atoms with Crippen LogP contribution in [0.1, 0.15) is 31.2 Å². The highest BCUT2D eigenvalue weighted by atomic mass is 16.4. The van der Waals surface area contributed by atoms with Gasteiger partial charge in [0.2, 0.25) is 35.4 Å². The molecule has 4 atom stereocenters. The lowest BCUT2D eigenvalue weighted by Crippen LogP contribution is -2.66. The summed E-state index contributed by atoms with van der Waals surface area (Å²) < 4.78 is 0. The molecule has 1 aromatic carbocycles. The minimum absolute atomic E-state index is 0.0309. The van der Waals surface area contributed by atoms with Crippen LogP contribution in [0.4, 0.5) is 0 Å². The number of benzene rings is 1. The smallest absolute Gasteiger partial charge is 0.305 e. The van der Waals surface area contributed by atoms with Crippen LogP contribution in [0.2, 0.25) is 0 Å². The summed E-state index contributed by atoms with van der Waals surface area (Å²) in [4.78, 5) is 94.6. The van der Waals surface area contributed by atoms with Crippen LogP contribution in [-0.4, -0.2) is 101 Å². The molecular formula is C26H35N9O8. The number of fused-ring (bicyclic) bond motifs is 14. The Morgan fingerprint density at radius 2 is 1.58 bits per heavy atom. The third-order valence-corrected chi connectivity index (χ3v) is 6.68. The zero-order valence-corrected chi connectivity index (χ0v) is 23.2. The van der Waals surface area contributed by atoms with E-state index in [-0.39, 0.29) is 31.9 Å². The van der Waals surface area contributed by atoms with Crippen molar-refractivity contribution in [2.75, 3.05) is 19.6 Å². The second-order valence-corrected chi connectivity index (χ2v) is 9.98. The van der Waals surface area contributed by atoms with Crippen molar-refractivity contribution in [2.24, 2.45) is 16.5 Å². The number of carbonyl (C=O) groups is 7. The molecule has 17 nitrogen and oxygen atoms in total. The molecule has 0 aliphatic carbocycles. The Kier molecular flexibility index (Phi) is 11.4. The summed E-state index contributed by atoms with van der Waals surface area (Å²) in [5, 5.41) is 21.4. The van der Waals surface area contributed by atoms with E-state index in [0.717, 1.165) is 0 Å². The van der Waals surface area contributed by atoms with Crippen LogP contribution in [0, 0.1) is 0 Å². The average molecular weight is 602 g/mol. The number of rotatable bonds is 8. The minimum atomic E-state index is -1.55. The van der Waals surface area contributed by atoms with Crippen molar-refractivity contribution in [3.05, 3.63) is 35.9 Å². The van der Waals surface area contributed by atoms with Gasteiger partial charge in [0.25, 0.3) is 0 Å². The molecule has 3 fully saturated rings. The maximum absolute atomic E-state index is 13.6. The number of aliphatic carboxylic acids is 1. The third kappa shape index (κ3) is 9.68. The highest BCUT2D eigenvalue weighted by Crippen LogP contribution is 2.17. The van der Waals surface area contributed by atoms with Gasteiger partial charge in [-0.1, -0.05) is 30.3 Å². The molecule has 17 heteroatoms. The van der Waals surface area contributed by atoms with Crippen molar-refractivity contribution < 1.29 is 38.7 Å². The van der Waals surface area contributed by atoms with E-state index >= 15 is 0 Å². The quantitative estimate of drug-likeness (QED) is 0.0619. The van der Waals surface area contributed by atoms with E-state index in [1.165, 1.54) is 4.90 Å². The van der Waals surface area contributed by atoms with Crippen LogP contribution < -0.4 is 38.1 Å².